The summed E-state index contributed by atoms with van der Waals surface area (Å²) >= 11 is 0. The molecule has 0 aliphatic heterocycles. The van der Waals surface area contributed by atoms with Crippen LogP contribution in [0.5, 0.6) is 0 Å². The van der Waals surface area contributed by atoms with Crippen LogP contribution in [0.2, 0.25) is 0 Å². The van der Waals surface area contributed by atoms with Crippen molar-refractivity contribution in [1.82, 2.24) is 5.32 Å². The van der Waals surface area contributed by atoms with E-state index in [0.717, 1.165) is 22.3 Å². The Morgan fingerprint density at radius 1 is 0.864 bits per heavy atom. The van der Waals surface area contributed by atoms with Gasteiger partial charge in [0.25, 0.3) is 0 Å². The van der Waals surface area contributed by atoms with Gasteiger partial charge >= 0.3 is 11.8 Å². The van der Waals surface area contributed by atoms with Crippen molar-refractivity contribution in [2.24, 2.45) is 0 Å². The topological polar surface area (TPSA) is 58.2 Å². The highest BCUT2D eigenvalue weighted by Crippen LogP contribution is 2.16. The Hall–Kier alpha value is -2.62. The zero-order chi connectivity index (χ0) is 16.1. The molecule has 2 aromatic carbocycles. The van der Waals surface area contributed by atoms with Gasteiger partial charge in [-0.3, -0.25) is 9.59 Å². The Kier molecular flexibility index (Phi) is 4.94. The second kappa shape index (κ2) is 6.89. The number of aryl methyl sites for hydroxylation is 3. The second-order valence-electron chi connectivity index (χ2n) is 5.44. The van der Waals surface area contributed by atoms with Crippen molar-refractivity contribution in [2.45, 2.75) is 27.3 Å². The fraction of sp³-hybridized carbons (Fsp3) is 0.222. The molecule has 2 aromatic rings. The molecule has 2 amide bonds. The maximum absolute atomic E-state index is 11.9. The van der Waals surface area contributed by atoms with Gasteiger partial charge in [-0.15, -0.1) is 0 Å². The number of carbonyl (C=O) groups excluding carboxylic acids is 2. The van der Waals surface area contributed by atoms with E-state index in [-0.39, 0.29) is 0 Å². The Morgan fingerprint density at radius 2 is 1.50 bits per heavy atom. The van der Waals surface area contributed by atoms with Crippen LogP contribution in [0.15, 0.2) is 42.5 Å². The first kappa shape index (κ1) is 15.8. The normalized spacial score (nSPS) is 10.1. The van der Waals surface area contributed by atoms with Crippen molar-refractivity contribution in [1.29, 1.82) is 0 Å². The quantitative estimate of drug-likeness (QED) is 0.856. The highest BCUT2D eigenvalue weighted by atomic mass is 16.2. The lowest BCUT2D eigenvalue weighted by atomic mass is 10.1. The highest BCUT2D eigenvalue weighted by molar-refractivity contribution is 6.39. The van der Waals surface area contributed by atoms with Crippen LogP contribution in [0.3, 0.4) is 0 Å². The zero-order valence-corrected chi connectivity index (χ0v) is 13.1. The van der Waals surface area contributed by atoms with Gasteiger partial charge in [0.2, 0.25) is 0 Å². The number of anilines is 1. The first-order chi connectivity index (χ1) is 10.5. The highest BCUT2D eigenvalue weighted by Gasteiger charge is 2.14. The molecule has 0 bridgehead atoms. The van der Waals surface area contributed by atoms with E-state index in [0.29, 0.717) is 12.2 Å². The summed E-state index contributed by atoms with van der Waals surface area (Å²) in [7, 11) is 0. The first-order valence-corrected chi connectivity index (χ1v) is 7.17. The summed E-state index contributed by atoms with van der Waals surface area (Å²) in [4.78, 5) is 23.8. The van der Waals surface area contributed by atoms with Gasteiger partial charge in [-0.05, 0) is 43.5 Å². The average molecular weight is 296 g/mol. The van der Waals surface area contributed by atoms with Crippen LogP contribution in [0.4, 0.5) is 5.69 Å². The van der Waals surface area contributed by atoms with E-state index in [1.165, 1.54) is 0 Å². The largest absolute Gasteiger partial charge is 0.344 e. The third-order valence-corrected chi connectivity index (χ3v) is 3.42. The lowest BCUT2D eigenvalue weighted by Gasteiger charge is -2.10. The third kappa shape index (κ3) is 4.19. The predicted molar refractivity (Wildman–Crippen MR) is 87.6 cm³/mol. The Labute approximate surface area is 130 Å². The lowest BCUT2D eigenvalue weighted by Crippen LogP contribution is -2.35. The molecule has 114 valence electrons. The van der Waals surface area contributed by atoms with Crippen LogP contribution in [-0.4, -0.2) is 11.8 Å². The number of nitrogens with one attached hydrogen (secondary N) is 2. The van der Waals surface area contributed by atoms with E-state index in [1.54, 1.807) is 0 Å². The Morgan fingerprint density at radius 3 is 2.18 bits per heavy atom. The van der Waals surface area contributed by atoms with E-state index in [2.05, 4.69) is 10.6 Å². The summed E-state index contributed by atoms with van der Waals surface area (Å²) < 4.78 is 0. The molecule has 0 heterocycles. The molecule has 0 spiro atoms. The molecule has 4 nitrogen and oxygen atoms in total. The maximum Gasteiger partial charge on any atom is 0.313 e. The van der Waals surface area contributed by atoms with Gasteiger partial charge in [-0.25, -0.2) is 0 Å². The second-order valence-corrected chi connectivity index (χ2v) is 5.44. The van der Waals surface area contributed by atoms with Crippen molar-refractivity contribution < 1.29 is 9.59 Å². The Bertz CT molecular complexity index is 691. The van der Waals surface area contributed by atoms with Gasteiger partial charge in [-0.2, -0.15) is 0 Å². The third-order valence-electron chi connectivity index (χ3n) is 3.42. The van der Waals surface area contributed by atoms with Crippen molar-refractivity contribution in [3.63, 3.8) is 0 Å². The van der Waals surface area contributed by atoms with Crippen LogP contribution in [-0.2, 0) is 16.1 Å². The molecular formula is C18H20N2O2. The van der Waals surface area contributed by atoms with E-state index >= 15 is 0 Å². The number of hydrogen-bond acceptors (Lipinski definition) is 2. The van der Waals surface area contributed by atoms with Crippen molar-refractivity contribution in [3.05, 3.63) is 64.7 Å². The van der Waals surface area contributed by atoms with Gasteiger partial charge in [0, 0.05) is 12.2 Å². The summed E-state index contributed by atoms with van der Waals surface area (Å²) in [5.74, 6) is -1.29. The summed E-state index contributed by atoms with van der Waals surface area (Å²) in [5.41, 5.74) is 4.72. The molecule has 2 rings (SSSR count). The van der Waals surface area contributed by atoms with Gasteiger partial charge < -0.3 is 10.6 Å². The monoisotopic (exact) mass is 296 g/mol. The van der Waals surface area contributed by atoms with Crippen molar-refractivity contribution in [3.8, 4) is 0 Å². The molecule has 0 radical (unpaired) electrons. The van der Waals surface area contributed by atoms with Crippen LogP contribution < -0.4 is 10.6 Å². The first-order valence-electron chi connectivity index (χ1n) is 7.17. The average Bonchev–Trinajstić information content (AvgIpc) is 2.50. The van der Waals surface area contributed by atoms with E-state index in [9.17, 15) is 9.59 Å². The summed E-state index contributed by atoms with van der Waals surface area (Å²) in [5, 5.41) is 5.27. The molecule has 4 heteroatoms. The number of rotatable bonds is 3. The van der Waals surface area contributed by atoms with Gasteiger partial charge in [0.15, 0.2) is 0 Å². The fourth-order valence-electron chi connectivity index (χ4n) is 2.02. The van der Waals surface area contributed by atoms with E-state index in [1.807, 2.05) is 63.2 Å². The summed E-state index contributed by atoms with van der Waals surface area (Å²) in [6.07, 6.45) is 0. The fourth-order valence-corrected chi connectivity index (χ4v) is 2.02. The molecule has 0 saturated carbocycles. The predicted octanol–water partition coefficient (Wildman–Crippen LogP) is 2.87. The van der Waals surface area contributed by atoms with Crippen molar-refractivity contribution >= 4 is 17.5 Å². The number of benzene rings is 2. The summed E-state index contributed by atoms with van der Waals surface area (Å²) in [6.45, 7) is 6.16. The molecular weight excluding hydrogens is 276 g/mol. The summed E-state index contributed by atoms with van der Waals surface area (Å²) in [6, 6.07) is 13.5. The molecule has 0 fully saturated rings. The van der Waals surface area contributed by atoms with Crippen molar-refractivity contribution in [2.75, 3.05) is 5.32 Å². The van der Waals surface area contributed by atoms with Crippen LogP contribution >= 0.6 is 0 Å². The SMILES string of the molecule is Cc1ccc(CNC(=O)C(=O)Nc2cc(C)ccc2C)cc1. The Balaban J connectivity index is 1.93. The molecule has 0 aromatic heterocycles. The number of hydrogen-bond donors (Lipinski definition) is 2. The molecule has 0 aliphatic carbocycles. The lowest BCUT2D eigenvalue weighted by molar-refractivity contribution is -0.136. The number of carbonyl (C=O) groups is 2. The van der Waals surface area contributed by atoms with Crippen LogP contribution in [0.25, 0.3) is 0 Å². The molecule has 22 heavy (non-hydrogen) atoms. The van der Waals surface area contributed by atoms with Crippen LogP contribution in [0, 0.1) is 20.8 Å². The van der Waals surface area contributed by atoms with Crippen LogP contribution in [0.1, 0.15) is 22.3 Å². The number of amides is 2. The molecule has 0 aliphatic rings. The van der Waals surface area contributed by atoms with Gasteiger partial charge in [-0.1, -0.05) is 42.0 Å². The van der Waals surface area contributed by atoms with Gasteiger partial charge in [0.1, 0.15) is 0 Å². The molecule has 0 unspecified atom stereocenters. The maximum atomic E-state index is 11.9. The minimum Gasteiger partial charge on any atom is -0.344 e. The standard InChI is InChI=1S/C18H20N2O2/c1-12-5-8-15(9-6-12)11-19-17(21)18(22)20-16-10-13(2)4-7-14(16)3/h4-10H,11H2,1-3H3,(H,19,21)(H,20,22). The molecule has 0 saturated heterocycles. The van der Waals surface area contributed by atoms with E-state index < -0.39 is 11.8 Å². The smallest absolute Gasteiger partial charge is 0.313 e. The molecule has 2 N–H and O–H groups in total. The van der Waals surface area contributed by atoms with E-state index in [4.69, 9.17) is 0 Å². The zero-order valence-electron chi connectivity index (χ0n) is 13.1. The minimum atomic E-state index is -0.652. The molecule has 0 atom stereocenters. The van der Waals surface area contributed by atoms with Gasteiger partial charge in [0.05, 0.1) is 0 Å². The minimum absolute atomic E-state index is 0.333.